The lowest BCUT2D eigenvalue weighted by atomic mass is 9.53. The van der Waals surface area contributed by atoms with Gasteiger partial charge in [-0.3, -0.25) is 9.59 Å². The molecule has 1 heterocycles. The Labute approximate surface area is 250 Å². The van der Waals surface area contributed by atoms with Crippen LogP contribution < -0.4 is 0 Å². The number of ether oxygens (including phenoxy) is 3. The molecular formula is C29H45IO10. The molecule has 4 N–H and O–H groups in total. The average molecular weight is 681 g/mol. The monoisotopic (exact) mass is 680 g/mol. The minimum absolute atomic E-state index is 0.0102. The third kappa shape index (κ3) is 5.69. The number of fused-ring (bicyclic) bond motifs is 2. The summed E-state index contributed by atoms with van der Waals surface area (Å²) in [7, 11) is 0. The molecule has 0 aromatic carbocycles. The van der Waals surface area contributed by atoms with E-state index in [9.17, 15) is 34.8 Å². The molecule has 0 spiro atoms. The zero-order chi connectivity index (χ0) is 30.2. The van der Waals surface area contributed by atoms with Crippen LogP contribution in [0.5, 0.6) is 0 Å². The van der Waals surface area contributed by atoms with Gasteiger partial charge >= 0.3 is 17.9 Å². The van der Waals surface area contributed by atoms with Crippen LogP contribution in [-0.4, -0.2) is 84.0 Å². The van der Waals surface area contributed by atoms with Crippen LogP contribution in [0.15, 0.2) is 11.6 Å². The molecule has 11 atom stereocenters. The second kappa shape index (κ2) is 12.5. The number of carbonyl (C=O) groups is 3. The van der Waals surface area contributed by atoms with Crippen molar-refractivity contribution in [3.63, 3.8) is 0 Å². The summed E-state index contributed by atoms with van der Waals surface area (Å²) in [6, 6.07) is 0. The van der Waals surface area contributed by atoms with Crippen LogP contribution in [0.1, 0.15) is 86.5 Å². The summed E-state index contributed by atoms with van der Waals surface area (Å²) < 4.78 is 15.5. The third-order valence-corrected chi connectivity index (χ3v) is 11.6. The average Bonchev–Trinajstić information content (AvgIpc) is 3.04. The summed E-state index contributed by atoms with van der Waals surface area (Å²) in [5.74, 6) is -3.48. The maximum absolute atomic E-state index is 12.9. The topological polar surface area (TPSA) is 160 Å². The number of esters is 3. The van der Waals surface area contributed by atoms with Gasteiger partial charge in [-0.15, -0.1) is 0 Å². The largest absolute Gasteiger partial charge is 0.462 e. The van der Waals surface area contributed by atoms with Crippen LogP contribution in [0.25, 0.3) is 0 Å². The summed E-state index contributed by atoms with van der Waals surface area (Å²) in [6.07, 6.45) is -3.18. The van der Waals surface area contributed by atoms with Gasteiger partial charge in [-0.2, -0.15) is 0 Å². The molecule has 3 aliphatic rings. The number of aliphatic hydroxyl groups is 4. The Kier molecular flexibility index (Phi) is 10.4. The summed E-state index contributed by atoms with van der Waals surface area (Å²) >= 11 is 1.87. The molecule has 2 aliphatic carbocycles. The number of unbranched alkanes of at least 4 members (excludes halogenated alkanes) is 1. The molecule has 0 aromatic heterocycles. The van der Waals surface area contributed by atoms with E-state index in [4.69, 9.17) is 14.2 Å². The number of halogens is 1. The maximum Gasteiger partial charge on any atom is 0.340 e. The first kappa shape index (κ1) is 33.2. The first-order valence-electron chi connectivity index (χ1n) is 14.3. The van der Waals surface area contributed by atoms with Gasteiger partial charge in [0.15, 0.2) is 5.60 Å². The standard InChI is InChI=1S/C29H45IO10/c1-7-9-11-22(33)38-17-14-19(31)27(5)23(16(17)4)25(35)29(30)20(40-26(36)28(29,6)37)13-15(3)12-18(24(27)34)39-21(32)10-8-2/h13,16-20,23-25,31,34-35,37H,7-12,14H2,1-6H3/b15-13-/t16-,17-,18-,19-,20-,23+,24-,25-,27-,28?,29-/m0/s1. The number of alkyl halides is 1. The van der Waals surface area contributed by atoms with Crippen LogP contribution in [0.4, 0.5) is 0 Å². The fraction of sp³-hybridized carbons (Fsp3) is 0.828. The SMILES string of the molecule is CCCCC(=O)O[C@H]1C[C@H](O)[C@@]2(C)[C@H]([C@H]1C)[C@H](O)[C@@]1(I)[C@H](/C=C(/C)C[C@H](OC(=O)CCC)[C@@H]2O)OC(=O)C1(C)O. The number of carbonyl (C=O) groups excluding carboxylic acids is 3. The highest BCUT2D eigenvalue weighted by molar-refractivity contribution is 14.1. The molecule has 0 bridgehead atoms. The van der Waals surface area contributed by atoms with E-state index in [0.29, 0.717) is 18.4 Å². The van der Waals surface area contributed by atoms with Crippen LogP contribution in [0.3, 0.4) is 0 Å². The lowest BCUT2D eigenvalue weighted by Crippen LogP contribution is -2.70. The van der Waals surface area contributed by atoms with Crippen molar-refractivity contribution in [3.8, 4) is 0 Å². The zero-order valence-corrected chi connectivity index (χ0v) is 26.4. The van der Waals surface area contributed by atoms with Gasteiger partial charge < -0.3 is 34.6 Å². The van der Waals surface area contributed by atoms with Gasteiger partial charge in [-0.1, -0.05) is 62.3 Å². The van der Waals surface area contributed by atoms with Gasteiger partial charge in [0.2, 0.25) is 0 Å². The minimum Gasteiger partial charge on any atom is -0.462 e. The predicted molar refractivity (Wildman–Crippen MR) is 153 cm³/mol. The van der Waals surface area contributed by atoms with Crippen LogP contribution in [-0.2, 0) is 28.6 Å². The Morgan fingerprint density at radius 1 is 1.05 bits per heavy atom. The smallest absolute Gasteiger partial charge is 0.340 e. The van der Waals surface area contributed by atoms with Gasteiger partial charge in [0.05, 0.1) is 18.3 Å². The Balaban J connectivity index is 2.18. The first-order valence-corrected chi connectivity index (χ1v) is 15.4. The Morgan fingerprint density at radius 2 is 1.65 bits per heavy atom. The third-order valence-electron chi connectivity index (χ3n) is 9.31. The highest BCUT2D eigenvalue weighted by Gasteiger charge is 2.72. The Bertz CT molecular complexity index is 997. The first-order chi connectivity index (χ1) is 18.6. The Morgan fingerprint density at radius 3 is 2.25 bits per heavy atom. The van der Waals surface area contributed by atoms with Gasteiger partial charge in [0.1, 0.15) is 21.7 Å². The summed E-state index contributed by atoms with van der Waals surface area (Å²) in [5.41, 5.74) is -3.01. The molecule has 11 heteroatoms. The van der Waals surface area contributed by atoms with E-state index >= 15 is 0 Å². The van der Waals surface area contributed by atoms with E-state index in [0.717, 1.165) is 6.42 Å². The molecule has 1 aliphatic heterocycles. The van der Waals surface area contributed by atoms with Crippen molar-refractivity contribution < 1.29 is 49.0 Å². The molecular weight excluding hydrogens is 635 g/mol. The molecule has 1 saturated carbocycles. The molecule has 2 fully saturated rings. The summed E-state index contributed by atoms with van der Waals surface area (Å²) in [4.78, 5) is 38.1. The van der Waals surface area contributed by atoms with Crippen molar-refractivity contribution in [2.75, 3.05) is 0 Å². The summed E-state index contributed by atoms with van der Waals surface area (Å²) in [5, 5.41) is 47.2. The predicted octanol–water partition coefficient (Wildman–Crippen LogP) is 2.75. The molecule has 0 radical (unpaired) electrons. The van der Waals surface area contributed by atoms with Crippen LogP contribution >= 0.6 is 22.6 Å². The second-order valence-corrected chi connectivity index (χ2v) is 14.0. The molecule has 0 aromatic rings. The van der Waals surface area contributed by atoms with E-state index < -0.39 is 80.8 Å². The summed E-state index contributed by atoms with van der Waals surface area (Å²) in [6.45, 7) is 10.2. The van der Waals surface area contributed by atoms with Gasteiger partial charge in [0.25, 0.3) is 0 Å². The van der Waals surface area contributed by atoms with E-state index in [1.54, 1.807) is 26.8 Å². The van der Waals surface area contributed by atoms with Gasteiger partial charge in [0, 0.05) is 37.0 Å². The van der Waals surface area contributed by atoms with Crippen molar-refractivity contribution in [2.24, 2.45) is 17.3 Å². The lowest BCUT2D eigenvalue weighted by molar-refractivity contribution is -0.230. The molecule has 228 valence electrons. The molecule has 40 heavy (non-hydrogen) atoms. The van der Waals surface area contributed by atoms with Crippen LogP contribution in [0, 0.1) is 17.3 Å². The van der Waals surface area contributed by atoms with Crippen LogP contribution in [0.2, 0.25) is 0 Å². The van der Waals surface area contributed by atoms with Gasteiger partial charge in [-0.05, 0) is 38.7 Å². The highest BCUT2D eigenvalue weighted by atomic mass is 127. The lowest BCUT2D eigenvalue weighted by Gasteiger charge is -2.58. The van der Waals surface area contributed by atoms with E-state index in [1.807, 2.05) is 36.4 Å². The molecule has 1 saturated heterocycles. The Hall–Kier alpha value is -1.28. The molecule has 3 rings (SSSR count). The van der Waals surface area contributed by atoms with E-state index in [2.05, 4.69) is 0 Å². The van der Waals surface area contributed by atoms with Crippen molar-refractivity contribution in [1.29, 1.82) is 0 Å². The van der Waals surface area contributed by atoms with E-state index in [1.165, 1.54) is 6.92 Å². The van der Waals surface area contributed by atoms with Crippen molar-refractivity contribution >= 4 is 40.5 Å². The number of aliphatic hydroxyl groups excluding tert-OH is 3. The van der Waals surface area contributed by atoms with E-state index in [-0.39, 0.29) is 25.7 Å². The number of hydrogen-bond donors (Lipinski definition) is 4. The number of rotatable bonds is 7. The normalized spacial score (nSPS) is 44.9. The second-order valence-electron chi connectivity index (χ2n) is 12.2. The quantitative estimate of drug-likeness (QED) is 0.104. The van der Waals surface area contributed by atoms with Crippen molar-refractivity contribution in [2.45, 2.75) is 132 Å². The molecule has 0 amide bonds. The fourth-order valence-corrected chi connectivity index (χ4v) is 7.67. The highest BCUT2D eigenvalue weighted by Crippen LogP contribution is 2.58. The van der Waals surface area contributed by atoms with Crippen molar-refractivity contribution in [1.82, 2.24) is 0 Å². The van der Waals surface area contributed by atoms with Gasteiger partial charge in [-0.25, -0.2) is 4.79 Å². The maximum atomic E-state index is 12.9. The van der Waals surface area contributed by atoms with Crippen molar-refractivity contribution in [3.05, 3.63) is 11.6 Å². The number of hydrogen-bond acceptors (Lipinski definition) is 10. The fourth-order valence-electron chi connectivity index (χ4n) is 6.75. The minimum atomic E-state index is -2.12. The molecule has 1 unspecified atom stereocenters. The molecule has 10 nitrogen and oxygen atoms in total. The zero-order valence-electron chi connectivity index (χ0n) is 24.3.